The predicted octanol–water partition coefficient (Wildman–Crippen LogP) is 5.54. The van der Waals surface area contributed by atoms with Crippen molar-refractivity contribution in [3.05, 3.63) is 83.9 Å². The number of methoxy groups -OCH3 is 1. The highest BCUT2D eigenvalue weighted by Gasteiger charge is 2.37. The normalized spacial score (nSPS) is 12.7. The number of aromatic nitrogens is 3. The zero-order chi connectivity index (χ0) is 29.1. The van der Waals surface area contributed by atoms with E-state index >= 15 is 0 Å². The van der Waals surface area contributed by atoms with Crippen molar-refractivity contribution in [3.8, 4) is 5.75 Å². The first kappa shape index (κ1) is 28.6. The van der Waals surface area contributed by atoms with Crippen LogP contribution in [0, 0.1) is 0 Å². The molecule has 0 unspecified atom stereocenters. The molecule has 3 aromatic carbocycles. The standard InChI is InChI=1S/C29H30F3N5O3/c1-5-28(2,3)33-27(39)26(19-10-8-13-22(16-19)40-4)37(21-12-9-11-20(17-21)29(30,31)32)25(38)18-36-24-15-7-6-14-23(24)34-35-36/h6-17,26H,5,18H2,1-4H3,(H,33,39)/t26-/m1/s1. The molecule has 0 aliphatic carbocycles. The predicted molar refractivity (Wildman–Crippen MR) is 145 cm³/mol. The lowest BCUT2D eigenvalue weighted by Gasteiger charge is -2.35. The molecule has 8 nitrogen and oxygen atoms in total. The van der Waals surface area contributed by atoms with E-state index < -0.39 is 35.1 Å². The third-order valence-electron chi connectivity index (χ3n) is 6.69. The molecule has 1 atom stereocenters. The number of nitrogens with one attached hydrogen (secondary N) is 1. The molecule has 0 fully saturated rings. The zero-order valence-corrected chi connectivity index (χ0v) is 22.6. The van der Waals surface area contributed by atoms with Crippen molar-refractivity contribution in [2.45, 2.75) is 51.5 Å². The van der Waals surface area contributed by atoms with E-state index in [2.05, 4.69) is 15.6 Å². The number of fused-ring (bicyclic) bond motifs is 1. The van der Waals surface area contributed by atoms with E-state index in [4.69, 9.17) is 4.74 Å². The van der Waals surface area contributed by atoms with E-state index in [1.807, 2.05) is 20.8 Å². The molecule has 11 heteroatoms. The lowest BCUT2D eigenvalue weighted by atomic mass is 9.98. The molecular formula is C29H30F3N5O3. The maximum atomic E-state index is 14.1. The van der Waals surface area contributed by atoms with Gasteiger partial charge >= 0.3 is 6.18 Å². The summed E-state index contributed by atoms with van der Waals surface area (Å²) in [4.78, 5) is 29.1. The largest absolute Gasteiger partial charge is 0.497 e. The highest BCUT2D eigenvalue weighted by molar-refractivity contribution is 6.01. The van der Waals surface area contributed by atoms with E-state index in [0.717, 1.165) is 17.0 Å². The smallest absolute Gasteiger partial charge is 0.416 e. The molecule has 1 heterocycles. The molecule has 0 spiro atoms. The lowest BCUT2D eigenvalue weighted by molar-refractivity contribution is -0.137. The summed E-state index contributed by atoms with van der Waals surface area (Å²) in [5, 5.41) is 11.1. The van der Waals surface area contributed by atoms with Gasteiger partial charge in [-0.25, -0.2) is 4.68 Å². The first-order chi connectivity index (χ1) is 18.9. The van der Waals surface area contributed by atoms with Crippen LogP contribution in [0.1, 0.15) is 44.4 Å². The number of amides is 2. The van der Waals surface area contributed by atoms with Gasteiger partial charge in [0.1, 0.15) is 23.9 Å². The van der Waals surface area contributed by atoms with Gasteiger partial charge in [-0.05, 0) is 68.3 Å². The highest BCUT2D eigenvalue weighted by atomic mass is 19.4. The first-order valence-corrected chi connectivity index (χ1v) is 12.7. The van der Waals surface area contributed by atoms with Crippen LogP contribution in [-0.2, 0) is 22.3 Å². The Balaban J connectivity index is 1.89. The number of halogens is 3. The fourth-order valence-corrected chi connectivity index (χ4v) is 4.23. The zero-order valence-electron chi connectivity index (χ0n) is 22.6. The Morgan fingerprint density at radius 3 is 2.45 bits per heavy atom. The molecular weight excluding hydrogens is 523 g/mol. The van der Waals surface area contributed by atoms with Gasteiger partial charge < -0.3 is 10.1 Å². The minimum Gasteiger partial charge on any atom is -0.497 e. The molecule has 0 aliphatic heterocycles. The van der Waals surface area contributed by atoms with Gasteiger partial charge in [-0.3, -0.25) is 14.5 Å². The second-order valence-corrected chi connectivity index (χ2v) is 9.95. The summed E-state index contributed by atoms with van der Waals surface area (Å²) in [5.74, 6) is -0.801. The van der Waals surface area contributed by atoms with E-state index in [1.165, 1.54) is 23.9 Å². The summed E-state index contributed by atoms with van der Waals surface area (Å²) in [6.07, 6.45) is -4.09. The first-order valence-electron chi connectivity index (χ1n) is 12.7. The summed E-state index contributed by atoms with van der Waals surface area (Å²) in [6.45, 7) is 5.17. The molecule has 4 rings (SSSR count). The summed E-state index contributed by atoms with van der Waals surface area (Å²) >= 11 is 0. The Morgan fingerprint density at radius 1 is 1.02 bits per heavy atom. The van der Waals surface area contributed by atoms with Crippen LogP contribution in [0.3, 0.4) is 0 Å². The van der Waals surface area contributed by atoms with Crippen molar-refractivity contribution < 1.29 is 27.5 Å². The van der Waals surface area contributed by atoms with Gasteiger partial charge in [-0.1, -0.05) is 42.5 Å². The van der Waals surface area contributed by atoms with Crippen molar-refractivity contribution in [2.75, 3.05) is 12.0 Å². The number of hydrogen-bond acceptors (Lipinski definition) is 5. The third-order valence-corrected chi connectivity index (χ3v) is 6.69. The van der Waals surface area contributed by atoms with Crippen LogP contribution in [0.5, 0.6) is 5.75 Å². The lowest BCUT2D eigenvalue weighted by Crippen LogP contribution is -2.51. The summed E-state index contributed by atoms with van der Waals surface area (Å²) in [6, 6.07) is 16.6. The topological polar surface area (TPSA) is 89.4 Å². The second kappa shape index (κ2) is 11.4. The number of para-hydroxylation sites is 1. The van der Waals surface area contributed by atoms with Crippen LogP contribution in [0.15, 0.2) is 72.8 Å². The molecule has 0 saturated heterocycles. The van der Waals surface area contributed by atoms with Crippen LogP contribution < -0.4 is 15.0 Å². The van der Waals surface area contributed by atoms with Crippen LogP contribution in [0.2, 0.25) is 0 Å². The minimum atomic E-state index is -4.66. The summed E-state index contributed by atoms with van der Waals surface area (Å²) < 4.78 is 47.9. The van der Waals surface area contributed by atoms with Gasteiger partial charge in [-0.2, -0.15) is 13.2 Å². The van der Waals surface area contributed by atoms with Gasteiger partial charge in [-0.15, -0.1) is 5.10 Å². The Morgan fingerprint density at radius 2 is 1.75 bits per heavy atom. The number of anilines is 1. The van der Waals surface area contributed by atoms with Crippen molar-refractivity contribution >= 4 is 28.5 Å². The Bertz CT molecular complexity index is 1520. The average molecular weight is 554 g/mol. The molecule has 2 amide bonds. The van der Waals surface area contributed by atoms with Crippen molar-refractivity contribution in [2.24, 2.45) is 0 Å². The maximum absolute atomic E-state index is 14.1. The van der Waals surface area contributed by atoms with Crippen LogP contribution in [0.4, 0.5) is 18.9 Å². The maximum Gasteiger partial charge on any atom is 0.416 e. The van der Waals surface area contributed by atoms with Crippen LogP contribution >= 0.6 is 0 Å². The molecule has 210 valence electrons. The quantitative estimate of drug-likeness (QED) is 0.294. The van der Waals surface area contributed by atoms with E-state index in [0.29, 0.717) is 28.8 Å². The number of hydrogen-bond donors (Lipinski definition) is 1. The number of alkyl halides is 3. The highest BCUT2D eigenvalue weighted by Crippen LogP contribution is 2.36. The molecule has 0 bridgehead atoms. The van der Waals surface area contributed by atoms with Gasteiger partial charge in [0.2, 0.25) is 11.8 Å². The summed E-state index contributed by atoms with van der Waals surface area (Å²) in [5.41, 5.74) is -0.229. The van der Waals surface area contributed by atoms with Crippen molar-refractivity contribution in [1.82, 2.24) is 20.3 Å². The monoisotopic (exact) mass is 553 g/mol. The molecule has 4 aromatic rings. The number of ether oxygens (including phenoxy) is 1. The van der Waals surface area contributed by atoms with Gasteiger partial charge in [0.15, 0.2) is 0 Å². The van der Waals surface area contributed by atoms with Crippen molar-refractivity contribution in [3.63, 3.8) is 0 Å². The van der Waals surface area contributed by atoms with Gasteiger partial charge in [0.25, 0.3) is 0 Å². The molecule has 40 heavy (non-hydrogen) atoms. The average Bonchev–Trinajstić information content (AvgIpc) is 3.33. The third kappa shape index (κ3) is 6.24. The van der Waals surface area contributed by atoms with Gasteiger partial charge in [0, 0.05) is 11.2 Å². The number of rotatable bonds is 9. The van der Waals surface area contributed by atoms with E-state index in [-0.39, 0.29) is 12.2 Å². The fourth-order valence-electron chi connectivity index (χ4n) is 4.23. The Hall–Kier alpha value is -4.41. The van der Waals surface area contributed by atoms with Crippen molar-refractivity contribution in [1.29, 1.82) is 0 Å². The Labute approximate surface area is 229 Å². The molecule has 1 aromatic heterocycles. The van der Waals surface area contributed by atoms with E-state index in [1.54, 1.807) is 48.5 Å². The number of benzene rings is 3. The second-order valence-electron chi connectivity index (χ2n) is 9.95. The molecule has 1 N–H and O–H groups in total. The molecule has 0 saturated carbocycles. The SMILES string of the molecule is CCC(C)(C)NC(=O)[C@@H](c1cccc(OC)c1)N(C(=O)Cn1nnc2ccccc21)c1cccc(C(F)(F)F)c1. The molecule has 0 aliphatic rings. The van der Waals surface area contributed by atoms with Crippen LogP contribution in [0.25, 0.3) is 11.0 Å². The van der Waals surface area contributed by atoms with Crippen LogP contribution in [-0.4, -0.2) is 39.5 Å². The molecule has 0 radical (unpaired) electrons. The number of carbonyl (C=O) groups is 2. The van der Waals surface area contributed by atoms with Gasteiger partial charge in [0.05, 0.1) is 18.2 Å². The fraction of sp³-hybridized carbons (Fsp3) is 0.310. The number of nitrogens with zero attached hydrogens (tertiary/aromatic N) is 4. The Kier molecular flexibility index (Phi) is 8.13. The van der Waals surface area contributed by atoms with E-state index in [9.17, 15) is 22.8 Å². The summed E-state index contributed by atoms with van der Waals surface area (Å²) in [7, 11) is 1.46. The minimum absolute atomic E-state index is 0.0958. The number of carbonyl (C=O) groups excluding carboxylic acids is 2.